The van der Waals surface area contributed by atoms with Crippen LogP contribution in [0, 0.1) is 5.92 Å². The van der Waals surface area contributed by atoms with E-state index in [-0.39, 0.29) is 5.92 Å². The first kappa shape index (κ1) is 12.5. The van der Waals surface area contributed by atoms with E-state index in [1.54, 1.807) is 11.0 Å². The van der Waals surface area contributed by atoms with Crippen molar-refractivity contribution in [2.24, 2.45) is 5.92 Å². The van der Waals surface area contributed by atoms with E-state index in [9.17, 15) is 0 Å². The Morgan fingerprint density at radius 3 is 2.67 bits per heavy atom. The summed E-state index contributed by atoms with van der Waals surface area (Å²) < 4.78 is 1.78. The Balaban J connectivity index is 2.71. The van der Waals surface area contributed by atoms with Crippen molar-refractivity contribution in [3.05, 3.63) is 22.7 Å². The van der Waals surface area contributed by atoms with Crippen LogP contribution in [0.3, 0.4) is 0 Å². The Morgan fingerprint density at radius 2 is 2.20 bits per heavy atom. The zero-order valence-corrected chi connectivity index (χ0v) is 10.5. The van der Waals surface area contributed by atoms with Gasteiger partial charge >= 0.3 is 0 Å². The lowest BCUT2D eigenvalue weighted by Crippen LogP contribution is -2.12. The minimum absolute atomic E-state index is 0.232. The molecule has 0 aromatic carbocycles. The number of nitrogens with zero attached hydrogens (tertiary/aromatic N) is 3. The van der Waals surface area contributed by atoms with E-state index in [0.29, 0.717) is 5.03 Å². The summed E-state index contributed by atoms with van der Waals surface area (Å²) >= 11 is 12.1. The number of halogens is 2. The number of allylic oxidation sites excluding steroid dienone is 2. The van der Waals surface area contributed by atoms with Gasteiger partial charge in [0.05, 0.1) is 6.54 Å². The van der Waals surface area contributed by atoms with Gasteiger partial charge < -0.3 is 0 Å². The molecule has 0 radical (unpaired) electrons. The van der Waals surface area contributed by atoms with Gasteiger partial charge in [0.15, 0.2) is 0 Å². The van der Waals surface area contributed by atoms with Crippen molar-refractivity contribution in [2.45, 2.75) is 33.2 Å². The molecule has 0 amide bonds. The molecule has 0 bridgehead atoms. The van der Waals surface area contributed by atoms with Gasteiger partial charge in [-0.1, -0.05) is 36.5 Å². The molecule has 0 aliphatic carbocycles. The van der Waals surface area contributed by atoms with Gasteiger partial charge in [0.25, 0.3) is 0 Å². The molecule has 5 heteroatoms. The zero-order chi connectivity index (χ0) is 11.3. The van der Waals surface area contributed by atoms with Gasteiger partial charge in [-0.25, -0.2) is 4.98 Å². The van der Waals surface area contributed by atoms with Gasteiger partial charge in [0.1, 0.15) is 12.7 Å². The van der Waals surface area contributed by atoms with E-state index < -0.39 is 0 Å². The summed E-state index contributed by atoms with van der Waals surface area (Å²) in [6, 6.07) is 0. The van der Waals surface area contributed by atoms with E-state index in [1.807, 2.05) is 6.92 Å². The van der Waals surface area contributed by atoms with Crippen molar-refractivity contribution in [1.29, 1.82) is 0 Å². The van der Waals surface area contributed by atoms with Gasteiger partial charge in [0, 0.05) is 16.0 Å². The fourth-order valence-corrected chi connectivity index (χ4v) is 1.81. The average molecular weight is 248 g/mol. The summed E-state index contributed by atoms with van der Waals surface area (Å²) in [5.41, 5.74) is 0. The summed E-state index contributed by atoms with van der Waals surface area (Å²) in [5, 5.41) is 5.45. The predicted octanol–water partition coefficient (Wildman–Crippen LogP) is 3.40. The van der Waals surface area contributed by atoms with Crippen LogP contribution in [0.15, 0.2) is 22.7 Å². The SMILES string of the molecule is CCCC(Cn1cncn1)/C(Cl)=C(/C)Cl. The molecular weight excluding hydrogens is 233 g/mol. The molecular formula is C10H15Cl2N3. The van der Waals surface area contributed by atoms with Crippen molar-refractivity contribution in [2.75, 3.05) is 0 Å². The third-order valence-corrected chi connectivity index (χ3v) is 3.09. The number of hydrogen-bond acceptors (Lipinski definition) is 2. The Hall–Kier alpha value is -0.540. The first-order valence-corrected chi connectivity index (χ1v) is 5.75. The van der Waals surface area contributed by atoms with Gasteiger partial charge in [-0.3, -0.25) is 4.68 Å². The van der Waals surface area contributed by atoms with E-state index in [0.717, 1.165) is 24.4 Å². The van der Waals surface area contributed by atoms with Gasteiger partial charge in [-0.15, -0.1) is 0 Å². The number of rotatable bonds is 5. The highest BCUT2D eigenvalue weighted by atomic mass is 35.5. The lowest BCUT2D eigenvalue weighted by atomic mass is 10.0. The average Bonchev–Trinajstić information content (AvgIpc) is 2.68. The monoisotopic (exact) mass is 247 g/mol. The van der Waals surface area contributed by atoms with Crippen LogP contribution in [0.4, 0.5) is 0 Å². The highest BCUT2D eigenvalue weighted by Crippen LogP contribution is 2.27. The summed E-state index contributed by atoms with van der Waals surface area (Å²) in [6.45, 7) is 4.67. The molecule has 3 nitrogen and oxygen atoms in total. The van der Waals surface area contributed by atoms with Crippen LogP contribution >= 0.6 is 23.2 Å². The van der Waals surface area contributed by atoms with Gasteiger partial charge in [-0.05, 0) is 13.3 Å². The predicted molar refractivity (Wildman–Crippen MR) is 62.8 cm³/mol. The lowest BCUT2D eigenvalue weighted by molar-refractivity contribution is 0.451. The highest BCUT2D eigenvalue weighted by molar-refractivity contribution is 6.39. The van der Waals surface area contributed by atoms with Gasteiger partial charge in [0.2, 0.25) is 0 Å². The summed E-state index contributed by atoms with van der Waals surface area (Å²) in [7, 11) is 0. The van der Waals surface area contributed by atoms with Crippen LogP contribution in [0.1, 0.15) is 26.7 Å². The Bertz CT molecular complexity index is 315. The Labute approximate surface area is 100 Å². The first-order valence-electron chi connectivity index (χ1n) is 4.99. The molecule has 1 aromatic heterocycles. The second-order valence-electron chi connectivity index (χ2n) is 3.48. The molecule has 1 heterocycles. The van der Waals surface area contributed by atoms with E-state index >= 15 is 0 Å². The number of hydrogen-bond donors (Lipinski definition) is 0. The minimum Gasteiger partial charge on any atom is -0.252 e. The quantitative estimate of drug-likeness (QED) is 0.799. The maximum absolute atomic E-state index is 6.16. The van der Waals surface area contributed by atoms with Crippen LogP contribution in [0.2, 0.25) is 0 Å². The normalized spacial score (nSPS) is 14.9. The van der Waals surface area contributed by atoms with Crippen LogP contribution in [-0.2, 0) is 6.54 Å². The molecule has 1 rings (SSSR count). The zero-order valence-electron chi connectivity index (χ0n) is 8.95. The molecule has 0 fully saturated rings. The molecule has 0 N–H and O–H groups in total. The van der Waals surface area contributed by atoms with Crippen molar-refractivity contribution in [3.63, 3.8) is 0 Å². The first-order chi connectivity index (χ1) is 7.15. The molecule has 1 atom stereocenters. The molecule has 0 spiro atoms. The molecule has 1 aromatic rings. The Kier molecular flexibility index (Phi) is 5.12. The van der Waals surface area contributed by atoms with Crippen molar-refractivity contribution < 1.29 is 0 Å². The van der Waals surface area contributed by atoms with Crippen LogP contribution in [0.5, 0.6) is 0 Å². The topological polar surface area (TPSA) is 30.7 Å². The van der Waals surface area contributed by atoms with Crippen molar-refractivity contribution >= 4 is 23.2 Å². The second kappa shape index (κ2) is 6.13. The summed E-state index contributed by atoms with van der Waals surface area (Å²) in [6.07, 6.45) is 5.28. The number of aromatic nitrogens is 3. The fourth-order valence-electron chi connectivity index (χ4n) is 1.48. The summed E-state index contributed by atoms with van der Waals surface area (Å²) in [5.74, 6) is 0.232. The minimum atomic E-state index is 0.232. The van der Waals surface area contributed by atoms with Crippen molar-refractivity contribution in [3.8, 4) is 0 Å². The molecule has 1 unspecified atom stereocenters. The van der Waals surface area contributed by atoms with E-state index in [1.165, 1.54) is 6.33 Å². The molecule has 0 saturated heterocycles. The molecule has 0 aliphatic heterocycles. The van der Waals surface area contributed by atoms with E-state index in [4.69, 9.17) is 23.2 Å². The highest BCUT2D eigenvalue weighted by Gasteiger charge is 2.14. The summed E-state index contributed by atoms with van der Waals surface area (Å²) in [4.78, 5) is 3.90. The maximum Gasteiger partial charge on any atom is 0.137 e. The van der Waals surface area contributed by atoms with Crippen LogP contribution in [0.25, 0.3) is 0 Å². The second-order valence-corrected chi connectivity index (χ2v) is 4.46. The van der Waals surface area contributed by atoms with Crippen LogP contribution < -0.4 is 0 Å². The third-order valence-electron chi connectivity index (χ3n) is 2.20. The Morgan fingerprint density at radius 1 is 1.47 bits per heavy atom. The molecule has 84 valence electrons. The molecule has 0 aliphatic rings. The lowest BCUT2D eigenvalue weighted by Gasteiger charge is -2.15. The van der Waals surface area contributed by atoms with Crippen molar-refractivity contribution in [1.82, 2.24) is 14.8 Å². The molecule has 0 saturated carbocycles. The van der Waals surface area contributed by atoms with Gasteiger partial charge in [-0.2, -0.15) is 5.10 Å². The largest absolute Gasteiger partial charge is 0.252 e. The molecule has 15 heavy (non-hydrogen) atoms. The fraction of sp³-hybridized carbons (Fsp3) is 0.600. The van der Waals surface area contributed by atoms with E-state index in [2.05, 4.69) is 17.0 Å². The standard InChI is InChI=1S/C10H15Cl2N3/c1-3-4-9(10(12)8(2)11)5-15-7-13-6-14-15/h6-7,9H,3-5H2,1-2H3/b10-8+. The smallest absolute Gasteiger partial charge is 0.137 e. The third kappa shape index (κ3) is 3.84. The maximum atomic E-state index is 6.16. The van der Waals surface area contributed by atoms with Crippen LogP contribution in [-0.4, -0.2) is 14.8 Å².